The molecule has 2 heterocycles. The van der Waals surface area contributed by atoms with Crippen LogP contribution in [0.1, 0.15) is 39.0 Å². The Morgan fingerprint density at radius 2 is 1.84 bits per heavy atom. The molecule has 3 atom stereocenters. The fourth-order valence-corrected chi connectivity index (χ4v) is 3.36. The lowest BCUT2D eigenvalue weighted by atomic mass is 10.0. The average Bonchev–Trinajstić information content (AvgIpc) is 2.79. The van der Waals surface area contributed by atoms with Crippen molar-refractivity contribution in [3.63, 3.8) is 0 Å². The van der Waals surface area contributed by atoms with Crippen molar-refractivity contribution in [1.29, 1.82) is 0 Å². The maximum Gasteiger partial charge on any atom is 0.226 e. The highest BCUT2D eigenvalue weighted by molar-refractivity contribution is 5.93. The fraction of sp³-hybridized carbons (Fsp3) is 0.562. The van der Waals surface area contributed by atoms with Gasteiger partial charge >= 0.3 is 0 Å². The first-order valence-corrected chi connectivity index (χ1v) is 7.30. The Balaban J connectivity index is 1.85. The molecule has 2 fully saturated rings. The van der Waals surface area contributed by atoms with E-state index in [1.165, 1.54) is 0 Å². The molecule has 0 saturated carbocycles. The summed E-state index contributed by atoms with van der Waals surface area (Å²) in [4.78, 5) is 14.3. The Kier molecular flexibility index (Phi) is 3.56. The van der Waals surface area contributed by atoms with E-state index in [9.17, 15) is 4.79 Å². The molecule has 0 aliphatic carbocycles. The number of carbonyl (C=O) groups excluding carboxylic acids is 1. The smallest absolute Gasteiger partial charge is 0.226 e. The van der Waals surface area contributed by atoms with Gasteiger partial charge in [-0.2, -0.15) is 0 Å². The monoisotopic (exact) mass is 259 g/mol. The van der Waals surface area contributed by atoms with Gasteiger partial charge in [-0.05, 0) is 37.8 Å². The second kappa shape index (κ2) is 5.33. The van der Waals surface area contributed by atoms with E-state index in [-0.39, 0.29) is 5.91 Å². The molecule has 3 rings (SSSR count). The van der Waals surface area contributed by atoms with Crippen LogP contribution in [-0.2, 0) is 9.53 Å². The number of rotatable bonds is 3. The highest BCUT2D eigenvalue weighted by atomic mass is 16.5. The van der Waals surface area contributed by atoms with E-state index in [1.807, 2.05) is 42.2 Å². The molecule has 2 bridgehead atoms. The third-order valence-electron chi connectivity index (χ3n) is 4.24. The minimum atomic E-state index is 0.220. The van der Waals surface area contributed by atoms with E-state index in [1.54, 1.807) is 0 Å². The Morgan fingerprint density at radius 1 is 1.21 bits per heavy atom. The van der Waals surface area contributed by atoms with Crippen molar-refractivity contribution in [3.05, 3.63) is 30.3 Å². The number of ether oxygens (including phenoxy) is 1. The predicted octanol–water partition coefficient (Wildman–Crippen LogP) is 3.14. The van der Waals surface area contributed by atoms with Gasteiger partial charge in [0.25, 0.3) is 0 Å². The fourth-order valence-electron chi connectivity index (χ4n) is 3.36. The second-order valence-electron chi connectivity index (χ2n) is 5.54. The first-order valence-electron chi connectivity index (χ1n) is 7.30. The lowest BCUT2D eigenvalue weighted by Crippen LogP contribution is -2.45. The minimum absolute atomic E-state index is 0.220. The number of hydrogen-bond donors (Lipinski definition) is 0. The van der Waals surface area contributed by atoms with Crippen molar-refractivity contribution in [3.8, 4) is 0 Å². The Hall–Kier alpha value is -1.35. The van der Waals surface area contributed by atoms with Crippen molar-refractivity contribution in [2.75, 3.05) is 4.90 Å². The molecule has 0 radical (unpaired) electrons. The van der Waals surface area contributed by atoms with Crippen molar-refractivity contribution in [1.82, 2.24) is 0 Å². The summed E-state index contributed by atoms with van der Waals surface area (Å²) in [6, 6.07) is 10.4. The Bertz CT molecular complexity index is 433. The first kappa shape index (κ1) is 12.7. The molecule has 1 amide bonds. The number of benzene rings is 1. The van der Waals surface area contributed by atoms with Crippen LogP contribution in [-0.4, -0.2) is 24.2 Å². The van der Waals surface area contributed by atoms with Crippen molar-refractivity contribution in [2.45, 2.75) is 57.3 Å². The average molecular weight is 259 g/mol. The molecule has 102 valence electrons. The SMILES string of the molecule is CCC(=O)N(c1ccccc1)C1C[C@H]2CC[C@@H](C1)O2. The largest absolute Gasteiger partial charge is 0.375 e. The molecule has 0 aromatic heterocycles. The van der Waals surface area contributed by atoms with Crippen molar-refractivity contribution >= 4 is 11.6 Å². The molecule has 1 aromatic rings. The summed E-state index contributed by atoms with van der Waals surface area (Å²) in [5.74, 6) is 0.220. The molecule has 1 aromatic carbocycles. The maximum absolute atomic E-state index is 12.3. The van der Waals surface area contributed by atoms with E-state index in [0.29, 0.717) is 24.7 Å². The lowest BCUT2D eigenvalue weighted by molar-refractivity contribution is -0.119. The highest BCUT2D eigenvalue weighted by Gasteiger charge is 2.38. The van der Waals surface area contributed by atoms with Crippen LogP contribution in [0.3, 0.4) is 0 Å². The first-order chi connectivity index (χ1) is 9.28. The van der Waals surface area contributed by atoms with Crippen LogP contribution < -0.4 is 4.90 Å². The van der Waals surface area contributed by atoms with Crippen LogP contribution in [0.15, 0.2) is 30.3 Å². The van der Waals surface area contributed by atoms with Gasteiger partial charge in [0.05, 0.1) is 12.2 Å². The summed E-state index contributed by atoms with van der Waals surface area (Å²) in [5, 5.41) is 0. The highest BCUT2D eigenvalue weighted by Crippen LogP contribution is 2.36. The van der Waals surface area contributed by atoms with Gasteiger partial charge in [-0.3, -0.25) is 4.79 Å². The number of hydrogen-bond acceptors (Lipinski definition) is 2. The van der Waals surface area contributed by atoms with E-state index in [4.69, 9.17) is 4.74 Å². The van der Waals surface area contributed by atoms with Gasteiger partial charge in [0, 0.05) is 18.2 Å². The topological polar surface area (TPSA) is 29.5 Å². The van der Waals surface area contributed by atoms with Gasteiger partial charge in [0.2, 0.25) is 5.91 Å². The van der Waals surface area contributed by atoms with Crippen LogP contribution in [0, 0.1) is 0 Å². The number of nitrogens with zero attached hydrogens (tertiary/aromatic N) is 1. The molecule has 1 unspecified atom stereocenters. The van der Waals surface area contributed by atoms with Crippen LogP contribution in [0.4, 0.5) is 5.69 Å². The zero-order chi connectivity index (χ0) is 13.2. The standard InChI is InChI=1S/C16H21NO2/c1-2-16(18)17(12-6-4-3-5-7-12)13-10-14-8-9-15(11-13)19-14/h3-7,13-15H,2,8-11H2,1H3/t13?,14-,15+. The summed E-state index contributed by atoms with van der Waals surface area (Å²) < 4.78 is 5.89. The molecular weight excluding hydrogens is 238 g/mol. The van der Waals surface area contributed by atoms with Crippen LogP contribution >= 0.6 is 0 Å². The molecule has 3 nitrogen and oxygen atoms in total. The zero-order valence-electron chi connectivity index (χ0n) is 11.4. The number of amides is 1. The summed E-state index contributed by atoms with van der Waals surface area (Å²) >= 11 is 0. The Labute approximate surface area is 114 Å². The van der Waals surface area contributed by atoms with Gasteiger partial charge in [-0.1, -0.05) is 25.1 Å². The lowest BCUT2D eigenvalue weighted by Gasteiger charge is -2.37. The van der Waals surface area contributed by atoms with Crippen molar-refractivity contribution < 1.29 is 9.53 Å². The molecule has 19 heavy (non-hydrogen) atoms. The molecule has 2 aliphatic rings. The van der Waals surface area contributed by atoms with Crippen LogP contribution in [0.5, 0.6) is 0 Å². The quantitative estimate of drug-likeness (QED) is 0.834. The molecule has 2 saturated heterocycles. The third-order valence-corrected chi connectivity index (χ3v) is 4.24. The maximum atomic E-state index is 12.3. The number of carbonyl (C=O) groups is 1. The number of anilines is 1. The van der Waals surface area contributed by atoms with Crippen LogP contribution in [0.25, 0.3) is 0 Å². The summed E-state index contributed by atoms with van der Waals surface area (Å²) in [7, 11) is 0. The van der Waals surface area contributed by atoms with Gasteiger partial charge in [0.15, 0.2) is 0 Å². The van der Waals surface area contributed by atoms with Gasteiger partial charge in [-0.25, -0.2) is 0 Å². The predicted molar refractivity (Wildman–Crippen MR) is 75.1 cm³/mol. The number of para-hydroxylation sites is 1. The van der Waals surface area contributed by atoms with E-state index in [2.05, 4.69) is 0 Å². The van der Waals surface area contributed by atoms with Crippen LogP contribution in [0.2, 0.25) is 0 Å². The minimum Gasteiger partial charge on any atom is -0.375 e. The molecule has 2 aliphatic heterocycles. The van der Waals surface area contributed by atoms with E-state index >= 15 is 0 Å². The van der Waals surface area contributed by atoms with E-state index < -0.39 is 0 Å². The number of fused-ring (bicyclic) bond motifs is 2. The van der Waals surface area contributed by atoms with Gasteiger partial charge in [0.1, 0.15) is 0 Å². The summed E-state index contributed by atoms with van der Waals surface area (Å²) in [5.41, 5.74) is 1.03. The van der Waals surface area contributed by atoms with Crippen molar-refractivity contribution in [2.24, 2.45) is 0 Å². The zero-order valence-corrected chi connectivity index (χ0v) is 11.4. The normalized spacial score (nSPS) is 29.2. The van der Waals surface area contributed by atoms with Gasteiger partial charge < -0.3 is 9.64 Å². The molecule has 3 heteroatoms. The van der Waals surface area contributed by atoms with E-state index in [0.717, 1.165) is 31.4 Å². The molecule has 0 spiro atoms. The third kappa shape index (κ3) is 2.52. The summed E-state index contributed by atoms with van der Waals surface area (Å²) in [6.45, 7) is 1.94. The second-order valence-corrected chi connectivity index (χ2v) is 5.54. The molecule has 0 N–H and O–H groups in total. The summed E-state index contributed by atoms with van der Waals surface area (Å²) in [6.07, 6.45) is 5.56. The van der Waals surface area contributed by atoms with Gasteiger partial charge in [-0.15, -0.1) is 0 Å². The Morgan fingerprint density at radius 3 is 2.42 bits per heavy atom. The molecular formula is C16H21NO2.